The minimum atomic E-state index is -4.36. The number of amides is 1. The van der Waals surface area contributed by atoms with E-state index in [4.69, 9.17) is 0 Å². The number of halogens is 3. The highest BCUT2D eigenvalue weighted by Gasteiger charge is 2.28. The van der Waals surface area contributed by atoms with E-state index in [1.165, 1.54) is 24.3 Å². The second-order valence-electron chi connectivity index (χ2n) is 4.92. The molecule has 0 spiro atoms. The van der Waals surface area contributed by atoms with Crippen molar-refractivity contribution >= 4 is 11.6 Å². The van der Waals surface area contributed by atoms with Crippen molar-refractivity contribution in [1.29, 1.82) is 0 Å². The zero-order chi connectivity index (χ0) is 15.3. The van der Waals surface area contributed by atoms with Crippen molar-refractivity contribution in [3.8, 4) is 5.75 Å². The summed E-state index contributed by atoms with van der Waals surface area (Å²) in [6.45, 7) is -0.507. The summed E-state index contributed by atoms with van der Waals surface area (Å²) >= 11 is 0. The molecule has 0 saturated carbocycles. The predicted octanol–water partition coefficient (Wildman–Crippen LogP) is 2.71. The number of hydrogen-bond acceptors (Lipinski definition) is 3. The lowest BCUT2D eigenvalue weighted by atomic mass is 10.0. The average Bonchev–Trinajstić information content (AvgIpc) is 2.46. The Balaban J connectivity index is 1.85. The van der Waals surface area contributed by atoms with Gasteiger partial charge in [-0.15, -0.1) is 0 Å². The Morgan fingerprint density at radius 2 is 2.00 bits per heavy atom. The number of nitrogens with one attached hydrogen (secondary N) is 2. The number of anilines is 1. The van der Waals surface area contributed by atoms with Crippen molar-refractivity contribution in [2.75, 3.05) is 18.5 Å². The molecule has 1 aromatic rings. The molecule has 21 heavy (non-hydrogen) atoms. The summed E-state index contributed by atoms with van der Waals surface area (Å²) in [5.74, 6) is -0.0141. The van der Waals surface area contributed by atoms with E-state index in [1.807, 2.05) is 0 Å². The fraction of sp³-hybridized carbons (Fsp3) is 0.500. The molecule has 0 aliphatic carbocycles. The number of alkyl halides is 3. The Kier molecular flexibility index (Phi) is 5.06. The van der Waals surface area contributed by atoms with Crippen LogP contribution < -0.4 is 15.4 Å². The SMILES string of the molecule is O=C(Nc1ccc(OCC(F)(F)F)cc1)C1CCCCN1. The van der Waals surface area contributed by atoms with Gasteiger partial charge in [0, 0.05) is 5.69 Å². The van der Waals surface area contributed by atoms with Gasteiger partial charge in [0.05, 0.1) is 6.04 Å². The molecule has 1 saturated heterocycles. The maximum absolute atomic E-state index is 12.0. The van der Waals surface area contributed by atoms with Gasteiger partial charge >= 0.3 is 6.18 Å². The van der Waals surface area contributed by atoms with Crippen LogP contribution in [0.2, 0.25) is 0 Å². The average molecular weight is 302 g/mol. The number of carbonyl (C=O) groups is 1. The maximum atomic E-state index is 12.0. The standard InChI is InChI=1S/C14H17F3N2O2/c15-14(16,17)9-21-11-6-4-10(5-7-11)19-13(20)12-3-1-2-8-18-12/h4-7,12,18H,1-3,8-9H2,(H,19,20). The minimum absolute atomic E-state index is 0.112. The lowest BCUT2D eigenvalue weighted by Gasteiger charge is -2.22. The van der Waals surface area contributed by atoms with Gasteiger partial charge in [0.25, 0.3) is 0 Å². The van der Waals surface area contributed by atoms with Crippen LogP contribution in [-0.2, 0) is 4.79 Å². The van der Waals surface area contributed by atoms with Crippen LogP contribution in [0.25, 0.3) is 0 Å². The Morgan fingerprint density at radius 1 is 1.29 bits per heavy atom. The lowest BCUT2D eigenvalue weighted by Crippen LogP contribution is -2.43. The van der Waals surface area contributed by atoms with Gasteiger partial charge in [-0.1, -0.05) is 6.42 Å². The normalized spacial score (nSPS) is 19.1. The molecular formula is C14H17F3N2O2. The monoisotopic (exact) mass is 302 g/mol. The topological polar surface area (TPSA) is 50.4 Å². The molecule has 1 aliphatic rings. The summed E-state index contributed by atoms with van der Waals surface area (Å²) in [5, 5.41) is 5.86. The van der Waals surface area contributed by atoms with Gasteiger partial charge in [0.2, 0.25) is 5.91 Å². The van der Waals surface area contributed by atoms with Crippen LogP contribution in [-0.4, -0.2) is 31.3 Å². The molecule has 4 nitrogen and oxygen atoms in total. The minimum Gasteiger partial charge on any atom is -0.484 e. The van der Waals surface area contributed by atoms with E-state index in [9.17, 15) is 18.0 Å². The Hall–Kier alpha value is -1.76. The molecule has 0 radical (unpaired) electrons. The third-order valence-electron chi connectivity index (χ3n) is 3.15. The number of piperidine rings is 1. The summed E-state index contributed by atoms with van der Waals surface area (Å²) in [5.41, 5.74) is 0.534. The van der Waals surface area contributed by atoms with Crippen molar-refractivity contribution in [3.63, 3.8) is 0 Å². The van der Waals surface area contributed by atoms with Gasteiger partial charge in [-0.05, 0) is 43.7 Å². The molecule has 0 bridgehead atoms. The molecule has 116 valence electrons. The van der Waals surface area contributed by atoms with E-state index in [0.29, 0.717) is 5.69 Å². The van der Waals surface area contributed by atoms with E-state index in [-0.39, 0.29) is 17.7 Å². The molecule has 1 unspecified atom stereocenters. The molecule has 7 heteroatoms. The van der Waals surface area contributed by atoms with Crippen LogP contribution in [0.4, 0.5) is 18.9 Å². The Bertz CT molecular complexity index is 468. The van der Waals surface area contributed by atoms with E-state index >= 15 is 0 Å². The van der Waals surface area contributed by atoms with Gasteiger partial charge in [0.15, 0.2) is 6.61 Å². The molecule has 1 atom stereocenters. The second-order valence-corrected chi connectivity index (χ2v) is 4.92. The molecule has 1 amide bonds. The molecule has 2 rings (SSSR count). The number of rotatable bonds is 4. The van der Waals surface area contributed by atoms with Crippen LogP contribution in [0.5, 0.6) is 5.75 Å². The van der Waals surface area contributed by atoms with Crippen molar-refractivity contribution in [2.24, 2.45) is 0 Å². The molecule has 0 aromatic heterocycles. The molecular weight excluding hydrogens is 285 g/mol. The second kappa shape index (κ2) is 6.80. The first kappa shape index (κ1) is 15.6. The summed E-state index contributed by atoms with van der Waals surface area (Å²) in [7, 11) is 0. The van der Waals surface area contributed by atoms with Crippen LogP contribution in [0.3, 0.4) is 0 Å². The third-order valence-corrected chi connectivity index (χ3v) is 3.15. The molecule has 1 aliphatic heterocycles. The summed E-state index contributed by atoms with van der Waals surface area (Å²) in [4.78, 5) is 12.0. The highest BCUT2D eigenvalue weighted by molar-refractivity contribution is 5.94. The quantitative estimate of drug-likeness (QED) is 0.899. The lowest BCUT2D eigenvalue weighted by molar-refractivity contribution is -0.153. The summed E-state index contributed by atoms with van der Waals surface area (Å²) in [6, 6.07) is 5.63. The van der Waals surface area contributed by atoms with Crippen LogP contribution in [0.1, 0.15) is 19.3 Å². The zero-order valence-electron chi connectivity index (χ0n) is 11.4. The Labute approximate surface area is 120 Å². The third kappa shape index (κ3) is 5.26. The van der Waals surface area contributed by atoms with E-state index in [2.05, 4.69) is 15.4 Å². The van der Waals surface area contributed by atoms with Gasteiger partial charge in [0.1, 0.15) is 5.75 Å². The smallest absolute Gasteiger partial charge is 0.422 e. The number of benzene rings is 1. The van der Waals surface area contributed by atoms with E-state index < -0.39 is 12.8 Å². The van der Waals surface area contributed by atoms with Gasteiger partial charge < -0.3 is 15.4 Å². The predicted molar refractivity (Wildman–Crippen MR) is 72.3 cm³/mol. The van der Waals surface area contributed by atoms with Crippen molar-refractivity contribution in [1.82, 2.24) is 5.32 Å². The molecule has 1 fully saturated rings. The first-order valence-corrected chi connectivity index (χ1v) is 6.78. The van der Waals surface area contributed by atoms with E-state index in [0.717, 1.165) is 25.8 Å². The zero-order valence-corrected chi connectivity index (χ0v) is 11.4. The molecule has 2 N–H and O–H groups in total. The van der Waals surface area contributed by atoms with Gasteiger partial charge in [-0.3, -0.25) is 4.79 Å². The molecule has 1 heterocycles. The fourth-order valence-electron chi connectivity index (χ4n) is 2.10. The number of ether oxygens (including phenoxy) is 1. The fourth-order valence-corrected chi connectivity index (χ4v) is 2.10. The number of hydrogen-bond donors (Lipinski definition) is 2. The van der Waals surface area contributed by atoms with Crippen molar-refractivity contribution < 1.29 is 22.7 Å². The number of carbonyl (C=O) groups excluding carboxylic acids is 1. The first-order chi connectivity index (χ1) is 9.94. The van der Waals surface area contributed by atoms with Crippen molar-refractivity contribution in [2.45, 2.75) is 31.5 Å². The largest absolute Gasteiger partial charge is 0.484 e. The highest BCUT2D eigenvalue weighted by atomic mass is 19.4. The van der Waals surface area contributed by atoms with Crippen LogP contribution >= 0.6 is 0 Å². The maximum Gasteiger partial charge on any atom is 0.422 e. The summed E-state index contributed by atoms with van der Waals surface area (Å²) < 4.78 is 40.6. The molecule has 1 aromatic carbocycles. The van der Waals surface area contributed by atoms with E-state index in [1.54, 1.807) is 0 Å². The van der Waals surface area contributed by atoms with Gasteiger partial charge in [-0.2, -0.15) is 13.2 Å². The summed E-state index contributed by atoms with van der Waals surface area (Å²) in [6.07, 6.45) is -1.50. The van der Waals surface area contributed by atoms with Crippen molar-refractivity contribution in [3.05, 3.63) is 24.3 Å². The van der Waals surface area contributed by atoms with Crippen LogP contribution in [0.15, 0.2) is 24.3 Å². The first-order valence-electron chi connectivity index (χ1n) is 6.78. The Morgan fingerprint density at radius 3 is 2.57 bits per heavy atom. The van der Waals surface area contributed by atoms with Gasteiger partial charge in [-0.25, -0.2) is 0 Å². The highest BCUT2D eigenvalue weighted by Crippen LogP contribution is 2.20. The van der Waals surface area contributed by atoms with Crippen LogP contribution in [0, 0.1) is 0 Å².